The lowest BCUT2D eigenvalue weighted by atomic mass is 9.99. The van der Waals surface area contributed by atoms with Crippen LogP contribution in [-0.4, -0.2) is 89.0 Å². The minimum absolute atomic E-state index is 0.216. The zero-order valence-electron chi connectivity index (χ0n) is 38.4. The van der Waals surface area contributed by atoms with Crippen molar-refractivity contribution in [3.05, 3.63) is 60.8 Å². The van der Waals surface area contributed by atoms with Crippen molar-refractivity contribution in [3.63, 3.8) is 0 Å². The molecule has 6 atom stereocenters. The Morgan fingerprint density at radius 2 is 0.918 bits per heavy atom. The third-order valence-corrected chi connectivity index (χ3v) is 10.9. The molecule has 0 bridgehead atoms. The number of allylic oxidation sites excluding steroid dienone is 10. The normalized spacial score (nSPS) is 20.3. The molecule has 0 spiro atoms. The molecule has 10 heteroatoms. The minimum Gasteiger partial charge on any atom is -0.462 e. The van der Waals surface area contributed by atoms with Crippen LogP contribution in [0.2, 0.25) is 0 Å². The molecule has 1 aliphatic heterocycles. The van der Waals surface area contributed by atoms with Crippen molar-refractivity contribution in [2.75, 3.05) is 19.8 Å². The monoisotopic (exact) mass is 861 g/mol. The fourth-order valence-corrected chi connectivity index (χ4v) is 6.99. The maximum absolute atomic E-state index is 12.8. The summed E-state index contributed by atoms with van der Waals surface area (Å²) in [5, 5.41) is 40.1. The number of carbonyl (C=O) groups excluding carboxylic acids is 2. The van der Waals surface area contributed by atoms with Gasteiger partial charge in [0, 0.05) is 12.8 Å². The van der Waals surface area contributed by atoms with Crippen molar-refractivity contribution in [1.82, 2.24) is 0 Å². The van der Waals surface area contributed by atoms with E-state index >= 15 is 0 Å². The van der Waals surface area contributed by atoms with Crippen LogP contribution < -0.4 is 0 Å². The Labute approximate surface area is 370 Å². The summed E-state index contributed by atoms with van der Waals surface area (Å²) in [5.41, 5.74) is 0. The number of hydrogen-bond acceptors (Lipinski definition) is 10. The van der Waals surface area contributed by atoms with Gasteiger partial charge in [0.25, 0.3) is 0 Å². The number of rotatable bonds is 40. The lowest BCUT2D eigenvalue weighted by Crippen LogP contribution is -2.59. The summed E-state index contributed by atoms with van der Waals surface area (Å²) in [6.07, 6.45) is 43.6. The van der Waals surface area contributed by atoms with Crippen LogP contribution in [0.15, 0.2) is 60.8 Å². The molecule has 0 aliphatic carbocycles. The molecule has 1 fully saturated rings. The second-order valence-corrected chi connectivity index (χ2v) is 16.6. The van der Waals surface area contributed by atoms with Crippen molar-refractivity contribution in [3.8, 4) is 0 Å². The molecule has 1 saturated heterocycles. The number of aliphatic hydroxyl groups excluding tert-OH is 4. The molecule has 10 nitrogen and oxygen atoms in total. The fourth-order valence-electron chi connectivity index (χ4n) is 6.99. The number of ether oxygens (including phenoxy) is 4. The second kappa shape index (κ2) is 41.4. The van der Waals surface area contributed by atoms with Crippen LogP contribution in [0.5, 0.6) is 0 Å². The molecule has 0 saturated carbocycles. The molecule has 0 amide bonds. The van der Waals surface area contributed by atoms with Crippen LogP contribution in [0, 0.1) is 0 Å². The van der Waals surface area contributed by atoms with Gasteiger partial charge in [-0.1, -0.05) is 158 Å². The highest BCUT2D eigenvalue weighted by atomic mass is 16.7. The Kier molecular flexibility index (Phi) is 38.3. The van der Waals surface area contributed by atoms with Gasteiger partial charge in [0.1, 0.15) is 31.0 Å². The molecular formula is C51H88O10. The lowest BCUT2D eigenvalue weighted by molar-refractivity contribution is -0.305. The van der Waals surface area contributed by atoms with E-state index in [1.165, 1.54) is 89.9 Å². The lowest BCUT2D eigenvalue weighted by Gasteiger charge is -2.39. The van der Waals surface area contributed by atoms with Crippen molar-refractivity contribution < 1.29 is 49.0 Å². The SMILES string of the molecule is CCCCC/C=C/C/C=C/C/C=C/C/C=C/CCCCCC(=O)OC[C@@H](CO[C@H]1O[C@@H](CO)[C@@H](O)C(O)C1O)OC(=O)CCCCCCCCC/C=C/CCCCCCCC. The van der Waals surface area contributed by atoms with E-state index in [1.54, 1.807) is 0 Å². The van der Waals surface area contributed by atoms with Crippen LogP contribution >= 0.6 is 0 Å². The first-order chi connectivity index (χ1) is 29.8. The van der Waals surface area contributed by atoms with Crippen LogP contribution in [0.1, 0.15) is 194 Å². The van der Waals surface area contributed by atoms with Gasteiger partial charge in [-0.05, 0) is 83.5 Å². The minimum atomic E-state index is -1.60. The number of esters is 2. The molecule has 61 heavy (non-hydrogen) atoms. The first-order valence-corrected chi connectivity index (χ1v) is 24.4. The van der Waals surface area contributed by atoms with Crippen molar-refractivity contribution in [2.24, 2.45) is 0 Å². The average Bonchev–Trinajstić information content (AvgIpc) is 3.26. The maximum atomic E-state index is 12.8. The van der Waals surface area contributed by atoms with Gasteiger partial charge >= 0.3 is 11.9 Å². The van der Waals surface area contributed by atoms with Crippen LogP contribution in [-0.2, 0) is 28.5 Å². The molecule has 352 valence electrons. The summed E-state index contributed by atoms with van der Waals surface area (Å²) in [6.45, 7) is 3.36. The molecule has 0 aromatic carbocycles. The van der Waals surface area contributed by atoms with E-state index in [-0.39, 0.29) is 26.1 Å². The second-order valence-electron chi connectivity index (χ2n) is 16.6. The quantitative estimate of drug-likeness (QED) is 0.0266. The van der Waals surface area contributed by atoms with Crippen molar-refractivity contribution >= 4 is 11.9 Å². The molecule has 1 rings (SSSR count). The fraction of sp³-hybridized carbons (Fsp3) is 0.765. The Morgan fingerprint density at radius 3 is 1.44 bits per heavy atom. The van der Waals surface area contributed by atoms with Crippen LogP contribution in [0.4, 0.5) is 0 Å². The Bertz CT molecular complexity index is 1180. The van der Waals surface area contributed by atoms with E-state index in [0.29, 0.717) is 12.8 Å². The van der Waals surface area contributed by atoms with E-state index < -0.39 is 55.4 Å². The highest BCUT2D eigenvalue weighted by Gasteiger charge is 2.44. The van der Waals surface area contributed by atoms with Gasteiger partial charge in [-0.25, -0.2) is 0 Å². The summed E-state index contributed by atoms with van der Waals surface area (Å²) in [7, 11) is 0. The number of hydrogen-bond donors (Lipinski definition) is 4. The largest absolute Gasteiger partial charge is 0.462 e. The topological polar surface area (TPSA) is 152 Å². The highest BCUT2D eigenvalue weighted by molar-refractivity contribution is 5.70. The van der Waals surface area contributed by atoms with Gasteiger partial charge in [-0.3, -0.25) is 9.59 Å². The summed E-state index contributed by atoms with van der Waals surface area (Å²) in [4.78, 5) is 25.4. The zero-order valence-corrected chi connectivity index (χ0v) is 38.4. The molecule has 0 radical (unpaired) electrons. The summed E-state index contributed by atoms with van der Waals surface area (Å²) in [6, 6.07) is 0. The first kappa shape index (κ1) is 56.4. The summed E-state index contributed by atoms with van der Waals surface area (Å²) >= 11 is 0. The molecule has 1 aliphatic rings. The number of aliphatic hydroxyl groups is 4. The first-order valence-electron chi connectivity index (χ1n) is 24.4. The Morgan fingerprint density at radius 1 is 0.508 bits per heavy atom. The van der Waals surface area contributed by atoms with Crippen LogP contribution in [0.3, 0.4) is 0 Å². The molecule has 0 aromatic rings. The molecule has 0 aromatic heterocycles. The van der Waals surface area contributed by atoms with Gasteiger partial charge < -0.3 is 39.4 Å². The van der Waals surface area contributed by atoms with Crippen LogP contribution in [0.25, 0.3) is 0 Å². The highest BCUT2D eigenvalue weighted by Crippen LogP contribution is 2.22. The maximum Gasteiger partial charge on any atom is 0.306 e. The van der Waals surface area contributed by atoms with Crippen molar-refractivity contribution in [2.45, 2.75) is 230 Å². The molecule has 2 unspecified atom stereocenters. The van der Waals surface area contributed by atoms with Gasteiger partial charge in [-0.15, -0.1) is 0 Å². The molecule has 1 heterocycles. The van der Waals surface area contributed by atoms with Gasteiger partial charge in [0.15, 0.2) is 12.4 Å². The standard InChI is InChI=1S/C51H88O10/c1-3-5-7-9-11-13-15-17-19-21-22-24-25-27-29-31-33-35-37-39-46(53)58-42-44(43-59-51-50(57)49(56)48(55)45(41-52)61-51)60-47(54)40-38-36-34-32-30-28-26-23-20-18-16-14-12-10-8-6-4-2/h11,13,17-20,22,24,27,29,44-45,48-52,55-57H,3-10,12,14-16,21,23,25-26,28,30-43H2,1-2H3/b13-11+,19-17+,20-18+,24-22+,29-27+/t44-,45-,48+,49?,50?,51-/m0/s1. The average molecular weight is 861 g/mol. The van der Waals surface area contributed by atoms with Gasteiger partial charge in [-0.2, -0.15) is 0 Å². The molecule has 4 N–H and O–H groups in total. The number of carbonyl (C=O) groups is 2. The predicted molar refractivity (Wildman–Crippen MR) is 247 cm³/mol. The Balaban J connectivity index is 2.33. The predicted octanol–water partition coefficient (Wildman–Crippen LogP) is 11.0. The Hall–Kier alpha value is -2.60. The smallest absolute Gasteiger partial charge is 0.306 e. The van der Waals surface area contributed by atoms with E-state index in [2.05, 4.69) is 74.6 Å². The van der Waals surface area contributed by atoms with Gasteiger partial charge in [0.2, 0.25) is 0 Å². The van der Waals surface area contributed by atoms with E-state index in [0.717, 1.165) is 64.2 Å². The summed E-state index contributed by atoms with van der Waals surface area (Å²) in [5.74, 6) is -0.848. The number of unbranched alkanes of at least 4 members (excludes halogenated alkanes) is 19. The van der Waals surface area contributed by atoms with E-state index in [4.69, 9.17) is 18.9 Å². The third kappa shape index (κ3) is 32.7. The van der Waals surface area contributed by atoms with Gasteiger partial charge in [0.05, 0.1) is 13.2 Å². The van der Waals surface area contributed by atoms with E-state index in [1.807, 2.05) is 0 Å². The summed E-state index contributed by atoms with van der Waals surface area (Å²) < 4.78 is 22.2. The van der Waals surface area contributed by atoms with Crippen molar-refractivity contribution in [1.29, 1.82) is 0 Å². The zero-order chi connectivity index (χ0) is 44.4. The van der Waals surface area contributed by atoms with E-state index in [9.17, 15) is 30.0 Å². The molecular weight excluding hydrogens is 773 g/mol. The third-order valence-electron chi connectivity index (χ3n) is 10.9.